The van der Waals surface area contributed by atoms with Gasteiger partial charge in [0, 0.05) is 5.69 Å². The van der Waals surface area contributed by atoms with E-state index in [-0.39, 0.29) is 12.5 Å². The van der Waals surface area contributed by atoms with E-state index in [1.807, 2.05) is 30.3 Å². The van der Waals surface area contributed by atoms with Crippen LogP contribution in [0.4, 0.5) is 5.69 Å². The predicted octanol–water partition coefficient (Wildman–Crippen LogP) is 3.50. The lowest BCUT2D eigenvalue weighted by Gasteiger charge is -2.08. The number of anilines is 1. The molecule has 2 aromatic rings. The molecule has 0 saturated carbocycles. The summed E-state index contributed by atoms with van der Waals surface area (Å²) in [6, 6.07) is 14.7. The zero-order valence-corrected chi connectivity index (χ0v) is 12.4. The molecule has 5 heteroatoms. The van der Waals surface area contributed by atoms with Gasteiger partial charge in [0.05, 0.1) is 18.7 Å². The lowest BCUT2D eigenvalue weighted by Crippen LogP contribution is -2.18. The molecule has 4 nitrogen and oxygen atoms in total. The minimum atomic E-state index is -0.229. The molecule has 0 aliphatic carbocycles. The lowest BCUT2D eigenvalue weighted by atomic mass is 10.2. The molecule has 0 fully saturated rings. The molecule has 1 amide bonds. The Morgan fingerprint density at radius 3 is 2.62 bits per heavy atom. The first-order chi connectivity index (χ1) is 10.2. The van der Waals surface area contributed by atoms with Crippen molar-refractivity contribution in [2.75, 3.05) is 19.0 Å². The van der Waals surface area contributed by atoms with Gasteiger partial charge >= 0.3 is 0 Å². The van der Waals surface area contributed by atoms with Crippen LogP contribution >= 0.6 is 11.6 Å². The van der Waals surface area contributed by atoms with Gasteiger partial charge in [0.1, 0.15) is 12.4 Å². The fraction of sp³-hybridized carbons (Fsp3) is 0.188. The molecule has 2 aromatic carbocycles. The second kappa shape index (κ2) is 7.67. The van der Waals surface area contributed by atoms with Gasteiger partial charge in [-0.25, -0.2) is 0 Å². The Balaban J connectivity index is 1.80. The first-order valence-electron chi connectivity index (χ1n) is 6.44. The SMILES string of the molecule is COc1ccc(NC(=O)COCc2ccccc2)cc1Cl. The third-order valence-electron chi connectivity index (χ3n) is 2.78. The summed E-state index contributed by atoms with van der Waals surface area (Å²) in [6.45, 7) is 0.385. The summed E-state index contributed by atoms with van der Waals surface area (Å²) in [6.07, 6.45) is 0. The second-order valence-electron chi connectivity index (χ2n) is 4.38. The van der Waals surface area contributed by atoms with Crippen LogP contribution in [0.2, 0.25) is 5.02 Å². The Hall–Kier alpha value is -2.04. The van der Waals surface area contributed by atoms with Gasteiger partial charge in [0.15, 0.2) is 0 Å². The molecular formula is C16H16ClNO3. The Morgan fingerprint density at radius 1 is 1.19 bits per heavy atom. The van der Waals surface area contributed by atoms with Crippen LogP contribution in [0.5, 0.6) is 5.75 Å². The van der Waals surface area contributed by atoms with E-state index in [0.29, 0.717) is 23.1 Å². The highest BCUT2D eigenvalue weighted by Crippen LogP contribution is 2.27. The highest BCUT2D eigenvalue weighted by Gasteiger charge is 2.06. The van der Waals surface area contributed by atoms with Crippen molar-refractivity contribution < 1.29 is 14.3 Å². The Bertz CT molecular complexity index is 602. The van der Waals surface area contributed by atoms with Crippen LogP contribution in [-0.2, 0) is 16.1 Å². The maximum Gasteiger partial charge on any atom is 0.250 e. The molecule has 0 radical (unpaired) electrons. The van der Waals surface area contributed by atoms with Gasteiger partial charge in [0.2, 0.25) is 5.91 Å². The summed E-state index contributed by atoms with van der Waals surface area (Å²) in [5, 5.41) is 3.16. The average Bonchev–Trinajstić information content (AvgIpc) is 2.48. The summed E-state index contributed by atoms with van der Waals surface area (Å²) in [5.74, 6) is 0.335. The lowest BCUT2D eigenvalue weighted by molar-refractivity contribution is -0.121. The number of carbonyl (C=O) groups excluding carboxylic acids is 1. The van der Waals surface area contributed by atoms with Crippen molar-refractivity contribution in [3.63, 3.8) is 0 Å². The van der Waals surface area contributed by atoms with Gasteiger partial charge in [0.25, 0.3) is 0 Å². The van der Waals surface area contributed by atoms with Gasteiger partial charge in [-0.2, -0.15) is 0 Å². The fourth-order valence-electron chi connectivity index (χ4n) is 1.78. The third kappa shape index (κ3) is 4.77. The normalized spacial score (nSPS) is 10.2. The Kier molecular flexibility index (Phi) is 5.60. The molecule has 0 bridgehead atoms. The van der Waals surface area contributed by atoms with Gasteiger partial charge in [-0.3, -0.25) is 4.79 Å². The molecule has 110 valence electrons. The van der Waals surface area contributed by atoms with Crippen molar-refractivity contribution in [3.05, 3.63) is 59.1 Å². The average molecular weight is 306 g/mol. The van der Waals surface area contributed by atoms with E-state index in [1.54, 1.807) is 18.2 Å². The summed E-state index contributed by atoms with van der Waals surface area (Å²) in [4.78, 5) is 11.8. The molecule has 0 heterocycles. The fourth-order valence-corrected chi connectivity index (χ4v) is 2.03. The first-order valence-corrected chi connectivity index (χ1v) is 6.82. The largest absolute Gasteiger partial charge is 0.495 e. The van der Waals surface area contributed by atoms with Crippen LogP contribution in [0.15, 0.2) is 48.5 Å². The number of ether oxygens (including phenoxy) is 2. The van der Waals surface area contributed by atoms with Crippen molar-refractivity contribution in [1.29, 1.82) is 0 Å². The third-order valence-corrected chi connectivity index (χ3v) is 3.08. The summed E-state index contributed by atoms with van der Waals surface area (Å²) in [5.41, 5.74) is 1.63. The number of benzene rings is 2. The van der Waals surface area contributed by atoms with E-state index >= 15 is 0 Å². The summed E-state index contributed by atoms with van der Waals surface area (Å²) < 4.78 is 10.4. The summed E-state index contributed by atoms with van der Waals surface area (Å²) >= 11 is 5.99. The second-order valence-corrected chi connectivity index (χ2v) is 4.78. The van der Waals surface area contributed by atoms with Gasteiger partial charge in [-0.1, -0.05) is 41.9 Å². The number of carbonyl (C=O) groups is 1. The molecule has 0 aliphatic rings. The first kappa shape index (κ1) is 15.4. The molecule has 1 N–H and O–H groups in total. The monoisotopic (exact) mass is 305 g/mol. The van der Waals surface area contributed by atoms with Crippen molar-refractivity contribution in [1.82, 2.24) is 0 Å². The van der Waals surface area contributed by atoms with Crippen molar-refractivity contribution in [2.45, 2.75) is 6.61 Å². The molecule has 0 saturated heterocycles. The van der Waals surface area contributed by atoms with Crippen molar-refractivity contribution in [2.24, 2.45) is 0 Å². The molecular weight excluding hydrogens is 290 g/mol. The molecule has 0 unspecified atom stereocenters. The standard InChI is InChI=1S/C16H16ClNO3/c1-20-15-8-7-13(9-14(15)17)18-16(19)11-21-10-12-5-3-2-4-6-12/h2-9H,10-11H2,1H3,(H,18,19). The van der Waals surface area contributed by atoms with E-state index in [0.717, 1.165) is 5.56 Å². The minimum Gasteiger partial charge on any atom is -0.495 e. The quantitative estimate of drug-likeness (QED) is 0.888. The van der Waals surface area contributed by atoms with Crippen LogP contribution in [0.3, 0.4) is 0 Å². The maximum atomic E-state index is 11.8. The van der Waals surface area contributed by atoms with Crippen molar-refractivity contribution in [3.8, 4) is 5.75 Å². The number of rotatable bonds is 6. The van der Waals surface area contributed by atoms with Gasteiger partial charge in [-0.05, 0) is 23.8 Å². The van der Waals surface area contributed by atoms with Gasteiger partial charge < -0.3 is 14.8 Å². The Morgan fingerprint density at radius 2 is 1.95 bits per heavy atom. The number of halogens is 1. The number of hydrogen-bond donors (Lipinski definition) is 1. The highest BCUT2D eigenvalue weighted by atomic mass is 35.5. The van der Waals surface area contributed by atoms with Crippen molar-refractivity contribution >= 4 is 23.2 Å². The maximum absolute atomic E-state index is 11.8. The van der Waals surface area contributed by atoms with E-state index < -0.39 is 0 Å². The zero-order chi connectivity index (χ0) is 15.1. The molecule has 0 spiro atoms. The number of amides is 1. The van der Waals surface area contributed by atoms with E-state index in [9.17, 15) is 4.79 Å². The molecule has 0 atom stereocenters. The number of nitrogens with one attached hydrogen (secondary N) is 1. The van der Waals surface area contributed by atoms with Crippen LogP contribution in [0.25, 0.3) is 0 Å². The zero-order valence-electron chi connectivity index (χ0n) is 11.6. The van der Waals surface area contributed by atoms with E-state index in [4.69, 9.17) is 21.1 Å². The van der Waals surface area contributed by atoms with E-state index in [2.05, 4.69) is 5.32 Å². The highest BCUT2D eigenvalue weighted by molar-refractivity contribution is 6.32. The van der Waals surface area contributed by atoms with Crippen LogP contribution in [0.1, 0.15) is 5.56 Å². The number of hydrogen-bond acceptors (Lipinski definition) is 3. The molecule has 21 heavy (non-hydrogen) atoms. The number of methoxy groups -OCH3 is 1. The minimum absolute atomic E-state index is 0.0153. The Labute approximate surface area is 128 Å². The summed E-state index contributed by atoms with van der Waals surface area (Å²) in [7, 11) is 1.54. The predicted molar refractivity (Wildman–Crippen MR) is 82.7 cm³/mol. The van der Waals surface area contributed by atoms with Crippen LogP contribution in [-0.4, -0.2) is 19.6 Å². The van der Waals surface area contributed by atoms with Gasteiger partial charge in [-0.15, -0.1) is 0 Å². The van der Waals surface area contributed by atoms with Crippen LogP contribution in [0, 0.1) is 0 Å². The topological polar surface area (TPSA) is 47.6 Å². The molecule has 2 rings (SSSR count). The smallest absolute Gasteiger partial charge is 0.250 e. The molecule has 0 aromatic heterocycles. The van der Waals surface area contributed by atoms with Crippen LogP contribution < -0.4 is 10.1 Å². The van der Waals surface area contributed by atoms with E-state index in [1.165, 1.54) is 7.11 Å². The molecule has 0 aliphatic heterocycles.